The molecular weight excluding hydrogens is 378 g/mol. The smallest absolute Gasteiger partial charge is 0.254 e. The van der Waals surface area contributed by atoms with Crippen LogP contribution in [0.4, 0.5) is 0 Å². The number of benzene rings is 1. The summed E-state index contributed by atoms with van der Waals surface area (Å²) in [4.78, 5) is 25.8. The molecule has 1 aromatic carbocycles. The highest BCUT2D eigenvalue weighted by Crippen LogP contribution is 2.26. The van der Waals surface area contributed by atoms with Crippen molar-refractivity contribution >= 4 is 21.8 Å². The molecule has 1 saturated heterocycles. The van der Waals surface area contributed by atoms with Crippen molar-refractivity contribution in [1.29, 1.82) is 0 Å². The number of hydrogen-bond acceptors (Lipinski definition) is 4. The maximum Gasteiger partial charge on any atom is 0.254 e. The summed E-state index contributed by atoms with van der Waals surface area (Å²) in [6, 6.07) is 5.94. The third-order valence-corrected chi connectivity index (χ3v) is 6.60. The zero-order chi connectivity index (χ0) is 21.1. The third-order valence-electron chi connectivity index (χ3n) is 4.75. The quantitative estimate of drug-likeness (QED) is 0.778. The van der Waals surface area contributed by atoms with Gasteiger partial charge >= 0.3 is 0 Å². The zero-order valence-corrected chi connectivity index (χ0v) is 18.1. The molecule has 7 nitrogen and oxygen atoms in total. The fraction of sp³-hybridized carbons (Fsp3) is 0.600. The van der Waals surface area contributed by atoms with Crippen LogP contribution in [0, 0.1) is 11.8 Å². The highest BCUT2D eigenvalue weighted by atomic mass is 32.2. The van der Waals surface area contributed by atoms with Crippen molar-refractivity contribution in [1.82, 2.24) is 14.5 Å². The van der Waals surface area contributed by atoms with Crippen molar-refractivity contribution in [2.45, 2.75) is 45.1 Å². The lowest BCUT2D eigenvalue weighted by atomic mass is 9.94. The Bertz CT molecular complexity index is 795. The lowest BCUT2D eigenvalue weighted by molar-refractivity contribution is -0.122. The SMILES string of the molecule is CC(C)NC(=O)CN(C)C(=O)c1ccc(S(=O)(=O)N2C[C@H](C)C[C@@H](C)C2)cc1. The minimum atomic E-state index is -3.58. The van der Waals surface area contributed by atoms with Gasteiger partial charge in [0.1, 0.15) is 0 Å². The number of nitrogens with zero attached hydrogens (tertiary/aromatic N) is 2. The molecule has 1 aromatic rings. The molecular formula is C20H31N3O4S. The lowest BCUT2D eigenvalue weighted by Crippen LogP contribution is -2.42. The van der Waals surface area contributed by atoms with Crippen LogP contribution in [0.3, 0.4) is 0 Å². The van der Waals surface area contributed by atoms with Crippen LogP contribution in [0.1, 0.15) is 44.5 Å². The van der Waals surface area contributed by atoms with Crippen LogP contribution in [0.25, 0.3) is 0 Å². The first-order valence-electron chi connectivity index (χ1n) is 9.65. The molecule has 0 aromatic heterocycles. The molecule has 156 valence electrons. The van der Waals surface area contributed by atoms with E-state index < -0.39 is 10.0 Å². The van der Waals surface area contributed by atoms with Crippen LogP contribution >= 0.6 is 0 Å². The van der Waals surface area contributed by atoms with Gasteiger partial charge in [0.15, 0.2) is 0 Å². The number of carbonyl (C=O) groups is 2. The first kappa shape index (κ1) is 22.4. The van der Waals surface area contributed by atoms with Gasteiger partial charge in [0.05, 0.1) is 11.4 Å². The number of piperidine rings is 1. The molecule has 2 rings (SSSR count). The topological polar surface area (TPSA) is 86.8 Å². The van der Waals surface area contributed by atoms with Gasteiger partial charge in [-0.3, -0.25) is 9.59 Å². The van der Waals surface area contributed by atoms with Crippen molar-refractivity contribution in [2.75, 3.05) is 26.7 Å². The summed E-state index contributed by atoms with van der Waals surface area (Å²) in [5, 5.41) is 2.73. The molecule has 28 heavy (non-hydrogen) atoms. The fourth-order valence-corrected chi connectivity index (χ4v) is 5.28. The summed E-state index contributed by atoms with van der Waals surface area (Å²) in [5.74, 6) is 0.0801. The standard InChI is InChI=1S/C20H31N3O4S/c1-14(2)21-19(24)13-22(5)20(25)17-6-8-18(9-7-17)28(26,27)23-11-15(3)10-16(4)12-23/h6-9,14-16H,10-13H2,1-5H3,(H,21,24)/t15-,16-/m1/s1. The first-order chi connectivity index (χ1) is 13.0. The number of likely N-dealkylation sites (N-methyl/N-ethyl adjacent to an activating group) is 1. The molecule has 1 N–H and O–H groups in total. The minimum Gasteiger partial charge on any atom is -0.352 e. The van der Waals surface area contributed by atoms with Crippen LogP contribution in [0.5, 0.6) is 0 Å². The van der Waals surface area contributed by atoms with Crippen molar-refractivity contribution in [3.63, 3.8) is 0 Å². The fourth-order valence-electron chi connectivity index (χ4n) is 3.60. The van der Waals surface area contributed by atoms with Gasteiger partial charge in [0.25, 0.3) is 5.91 Å². The van der Waals surface area contributed by atoms with Crippen LogP contribution < -0.4 is 5.32 Å². The summed E-state index contributed by atoms with van der Waals surface area (Å²) in [6.07, 6.45) is 1.02. The van der Waals surface area contributed by atoms with E-state index in [0.717, 1.165) is 6.42 Å². The normalized spacial score (nSPS) is 20.8. The third kappa shape index (κ3) is 5.54. The van der Waals surface area contributed by atoms with E-state index in [4.69, 9.17) is 0 Å². The van der Waals surface area contributed by atoms with Crippen LogP contribution in [0.2, 0.25) is 0 Å². The molecule has 1 aliphatic rings. The van der Waals surface area contributed by atoms with Crippen molar-refractivity contribution in [3.8, 4) is 0 Å². The second-order valence-corrected chi connectivity index (χ2v) is 10.1. The molecule has 2 amide bonds. The van der Waals surface area contributed by atoms with Gasteiger partial charge in [0.2, 0.25) is 15.9 Å². The predicted molar refractivity (Wildman–Crippen MR) is 108 cm³/mol. The second kappa shape index (κ2) is 9.05. The molecule has 0 aliphatic carbocycles. The number of nitrogens with one attached hydrogen (secondary N) is 1. The molecule has 0 bridgehead atoms. The van der Waals surface area contributed by atoms with E-state index in [2.05, 4.69) is 19.2 Å². The predicted octanol–water partition coefficient (Wildman–Crippen LogP) is 1.95. The van der Waals surface area contributed by atoms with Crippen molar-refractivity contribution in [2.24, 2.45) is 11.8 Å². The maximum atomic E-state index is 12.9. The molecule has 1 aliphatic heterocycles. The van der Waals surface area contributed by atoms with Gasteiger partial charge in [-0.05, 0) is 56.4 Å². The van der Waals surface area contributed by atoms with E-state index in [1.54, 1.807) is 7.05 Å². The van der Waals surface area contributed by atoms with E-state index in [-0.39, 0.29) is 29.3 Å². The average Bonchev–Trinajstić information content (AvgIpc) is 2.59. The Hall–Kier alpha value is -1.93. The van der Waals surface area contributed by atoms with Gasteiger partial charge in [0, 0.05) is 31.7 Å². The van der Waals surface area contributed by atoms with E-state index in [0.29, 0.717) is 30.5 Å². The van der Waals surface area contributed by atoms with Crippen LogP contribution in [-0.2, 0) is 14.8 Å². The molecule has 0 unspecified atom stereocenters. The molecule has 0 radical (unpaired) electrons. The highest BCUT2D eigenvalue weighted by Gasteiger charge is 2.31. The van der Waals surface area contributed by atoms with E-state index >= 15 is 0 Å². The second-order valence-electron chi connectivity index (χ2n) is 8.18. The Kier molecular flexibility index (Phi) is 7.22. The number of hydrogen-bond donors (Lipinski definition) is 1. The molecule has 0 saturated carbocycles. The number of amides is 2. The lowest BCUT2D eigenvalue weighted by Gasteiger charge is -2.34. The Morgan fingerprint density at radius 2 is 1.68 bits per heavy atom. The summed E-state index contributed by atoms with van der Waals surface area (Å²) in [6.45, 7) is 8.80. The molecule has 1 heterocycles. The Labute approximate surface area is 168 Å². The van der Waals surface area contributed by atoms with Gasteiger partial charge in [-0.1, -0.05) is 13.8 Å². The number of sulfonamides is 1. The summed E-state index contributed by atoms with van der Waals surface area (Å²) in [5.41, 5.74) is 0.346. The van der Waals surface area contributed by atoms with Crippen LogP contribution in [0.15, 0.2) is 29.2 Å². The van der Waals surface area contributed by atoms with E-state index in [9.17, 15) is 18.0 Å². The van der Waals surface area contributed by atoms with Gasteiger partial charge in [-0.15, -0.1) is 0 Å². The largest absolute Gasteiger partial charge is 0.352 e. The molecule has 1 fully saturated rings. The minimum absolute atomic E-state index is 0.000663. The van der Waals surface area contributed by atoms with E-state index in [1.807, 2.05) is 13.8 Å². The molecule has 0 spiro atoms. The van der Waals surface area contributed by atoms with Gasteiger partial charge < -0.3 is 10.2 Å². The highest BCUT2D eigenvalue weighted by molar-refractivity contribution is 7.89. The van der Waals surface area contributed by atoms with Gasteiger partial charge in [-0.25, -0.2) is 8.42 Å². The molecule has 8 heteroatoms. The average molecular weight is 410 g/mol. The number of carbonyl (C=O) groups excluding carboxylic acids is 2. The molecule has 2 atom stereocenters. The number of rotatable bonds is 6. The summed E-state index contributed by atoms with van der Waals surface area (Å²) < 4.78 is 27.4. The Balaban J connectivity index is 2.09. The van der Waals surface area contributed by atoms with Crippen LogP contribution in [-0.4, -0.2) is 62.2 Å². The Morgan fingerprint density at radius 3 is 2.18 bits per heavy atom. The maximum absolute atomic E-state index is 12.9. The monoisotopic (exact) mass is 409 g/mol. The summed E-state index contributed by atoms with van der Waals surface area (Å²) >= 11 is 0. The Morgan fingerprint density at radius 1 is 1.14 bits per heavy atom. The zero-order valence-electron chi connectivity index (χ0n) is 17.3. The summed E-state index contributed by atoms with van der Waals surface area (Å²) in [7, 11) is -2.03. The van der Waals surface area contributed by atoms with E-state index in [1.165, 1.54) is 33.5 Å². The van der Waals surface area contributed by atoms with Gasteiger partial charge in [-0.2, -0.15) is 4.31 Å². The van der Waals surface area contributed by atoms with Crippen molar-refractivity contribution in [3.05, 3.63) is 29.8 Å². The van der Waals surface area contributed by atoms with Crippen molar-refractivity contribution < 1.29 is 18.0 Å². The first-order valence-corrected chi connectivity index (χ1v) is 11.1.